The molecule has 2 nitrogen and oxygen atoms in total. The quantitative estimate of drug-likeness (QED) is 0.856. The van der Waals surface area contributed by atoms with Crippen molar-refractivity contribution in [1.29, 1.82) is 0 Å². The molecule has 0 aliphatic rings. The highest BCUT2D eigenvalue weighted by Crippen LogP contribution is 2.23. The van der Waals surface area contributed by atoms with E-state index >= 15 is 0 Å². The number of hydrogen-bond donors (Lipinski definition) is 2. The van der Waals surface area contributed by atoms with Gasteiger partial charge in [0, 0.05) is 11.6 Å². The van der Waals surface area contributed by atoms with E-state index < -0.39 is 5.82 Å². The second-order valence-electron chi connectivity index (χ2n) is 4.81. The normalized spacial score (nSPS) is 13.9. The summed E-state index contributed by atoms with van der Waals surface area (Å²) in [7, 11) is 0. The van der Waals surface area contributed by atoms with Crippen LogP contribution < -0.4 is 11.5 Å². The third kappa shape index (κ3) is 4.08. The fourth-order valence-corrected chi connectivity index (χ4v) is 1.63. The van der Waals surface area contributed by atoms with Crippen LogP contribution in [0.15, 0.2) is 18.2 Å². The van der Waals surface area contributed by atoms with Crippen molar-refractivity contribution in [3.63, 3.8) is 0 Å². The largest absolute Gasteiger partial charge is 0.326 e. The minimum Gasteiger partial charge on any atom is -0.326 e. The Kier molecular flexibility index (Phi) is 4.30. The Morgan fingerprint density at radius 3 is 2.56 bits per heavy atom. The van der Waals surface area contributed by atoms with Crippen molar-refractivity contribution >= 4 is 11.6 Å². The molecule has 90 valence electrons. The van der Waals surface area contributed by atoms with Crippen LogP contribution in [0, 0.1) is 5.82 Å². The zero-order chi connectivity index (χ0) is 12.3. The minimum absolute atomic E-state index is 0.111. The van der Waals surface area contributed by atoms with Crippen LogP contribution in [0.2, 0.25) is 5.02 Å². The summed E-state index contributed by atoms with van der Waals surface area (Å²) in [4.78, 5) is 0. The van der Waals surface area contributed by atoms with E-state index in [1.807, 2.05) is 13.8 Å². The lowest BCUT2D eigenvalue weighted by molar-refractivity contribution is 0.433. The maximum atomic E-state index is 12.9. The van der Waals surface area contributed by atoms with Crippen LogP contribution in [0.4, 0.5) is 4.39 Å². The predicted molar refractivity (Wildman–Crippen MR) is 65.8 cm³/mol. The molecular formula is C12H18ClFN2. The summed E-state index contributed by atoms with van der Waals surface area (Å²) < 4.78 is 12.9. The minimum atomic E-state index is -0.420. The first-order valence-electron chi connectivity index (χ1n) is 5.29. The van der Waals surface area contributed by atoms with E-state index in [1.165, 1.54) is 6.07 Å². The standard InChI is InChI=1S/C12H18ClFN2/c1-12(2,16)6-5-11(15)8-3-4-10(14)9(13)7-8/h3-4,7,11H,5-6,15-16H2,1-2H3. The molecule has 0 aromatic heterocycles. The van der Waals surface area contributed by atoms with E-state index in [-0.39, 0.29) is 16.6 Å². The first kappa shape index (κ1) is 13.4. The summed E-state index contributed by atoms with van der Waals surface area (Å²) in [6, 6.07) is 4.42. The first-order chi connectivity index (χ1) is 7.29. The Morgan fingerprint density at radius 2 is 2.06 bits per heavy atom. The van der Waals surface area contributed by atoms with E-state index in [2.05, 4.69) is 0 Å². The van der Waals surface area contributed by atoms with Gasteiger partial charge in [-0.2, -0.15) is 0 Å². The average molecular weight is 245 g/mol. The van der Waals surface area contributed by atoms with Crippen molar-refractivity contribution in [3.8, 4) is 0 Å². The highest BCUT2D eigenvalue weighted by atomic mass is 35.5. The fourth-order valence-electron chi connectivity index (χ4n) is 1.44. The molecule has 0 bridgehead atoms. The van der Waals surface area contributed by atoms with Crippen molar-refractivity contribution in [2.24, 2.45) is 11.5 Å². The molecule has 1 aromatic rings. The zero-order valence-electron chi connectivity index (χ0n) is 9.63. The van der Waals surface area contributed by atoms with Gasteiger partial charge in [0.1, 0.15) is 5.82 Å². The van der Waals surface area contributed by atoms with Gasteiger partial charge in [0.15, 0.2) is 0 Å². The summed E-state index contributed by atoms with van der Waals surface area (Å²) in [5, 5.41) is 0.111. The molecule has 0 fully saturated rings. The lowest BCUT2D eigenvalue weighted by Gasteiger charge is -2.21. The molecule has 1 unspecified atom stereocenters. The van der Waals surface area contributed by atoms with Gasteiger partial charge in [-0.05, 0) is 44.4 Å². The Hall–Kier alpha value is -0.640. The molecule has 0 heterocycles. The van der Waals surface area contributed by atoms with Gasteiger partial charge in [0.2, 0.25) is 0 Å². The van der Waals surface area contributed by atoms with Gasteiger partial charge in [-0.15, -0.1) is 0 Å². The van der Waals surface area contributed by atoms with Crippen LogP contribution in [-0.2, 0) is 0 Å². The lowest BCUT2D eigenvalue weighted by Crippen LogP contribution is -2.32. The van der Waals surface area contributed by atoms with Crippen LogP contribution in [0.25, 0.3) is 0 Å². The third-order valence-electron chi connectivity index (χ3n) is 2.47. The Balaban J connectivity index is 2.66. The van der Waals surface area contributed by atoms with E-state index in [0.29, 0.717) is 0 Å². The molecule has 0 saturated carbocycles. The zero-order valence-corrected chi connectivity index (χ0v) is 10.4. The summed E-state index contributed by atoms with van der Waals surface area (Å²) in [5.74, 6) is -0.420. The number of hydrogen-bond acceptors (Lipinski definition) is 2. The number of benzene rings is 1. The summed E-state index contributed by atoms with van der Waals surface area (Å²) in [6.07, 6.45) is 1.56. The van der Waals surface area contributed by atoms with Crippen molar-refractivity contribution < 1.29 is 4.39 Å². The van der Waals surface area contributed by atoms with Crippen LogP contribution in [0.1, 0.15) is 38.3 Å². The molecule has 0 amide bonds. The molecule has 0 aliphatic heterocycles. The molecule has 0 saturated heterocycles. The predicted octanol–water partition coefficient (Wildman–Crippen LogP) is 3.00. The molecule has 1 atom stereocenters. The summed E-state index contributed by atoms with van der Waals surface area (Å²) in [6.45, 7) is 3.91. The number of nitrogens with two attached hydrogens (primary N) is 2. The fraction of sp³-hybridized carbons (Fsp3) is 0.500. The highest BCUT2D eigenvalue weighted by Gasteiger charge is 2.15. The average Bonchev–Trinajstić information content (AvgIpc) is 2.17. The lowest BCUT2D eigenvalue weighted by atomic mass is 9.94. The van der Waals surface area contributed by atoms with Crippen LogP contribution in [0.5, 0.6) is 0 Å². The summed E-state index contributed by atoms with van der Waals surface area (Å²) >= 11 is 5.69. The molecule has 0 radical (unpaired) electrons. The van der Waals surface area contributed by atoms with Gasteiger partial charge in [-0.1, -0.05) is 17.7 Å². The van der Waals surface area contributed by atoms with E-state index in [0.717, 1.165) is 18.4 Å². The van der Waals surface area contributed by atoms with Crippen LogP contribution >= 0.6 is 11.6 Å². The number of rotatable bonds is 4. The van der Waals surface area contributed by atoms with Gasteiger partial charge < -0.3 is 11.5 Å². The van der Waals surface area contributed by atoms with Crippen LogP contribution in [-0.4, -0.2) is 5.54 Å². The molecule has 1 aromatic carbocycles. The SMILES string of the molecule is CC(C)(N)CCC(N)c1ccc(F)c(Cl)c1. The molecule has 1 rings (SSSR count). The Morgan fingerprint density at radius 1 is 1.44 bits per heavy atom. The smallest absolute Gasteiger partial charge is 0.141 e. The van der Waals surface area contributed by atoms with Gasteiger partial charge in [-0.25, -0.2) is 4.39 Å². The Labute approximate surface area is 101 Å². The molecule has 0 aliphatic carbocycles. The maximum absolute atomic E-state index is 12.9. The van der Waals surface area contributed by atoms with Crippen molar-refractivity contribution in [2.45, 2.75) is 38.3 Å². The highest BCUT2D eigenvalue weighted by molar-refractivity contribution is 6.30. The van der Waals surface area contributed by atoms with E-state index in [1.54, 1.807) is 12.1 Å². The molecule has 0 spiro atoms. The molecule has 4 heteroatoms. The Bertz CT molecular complexity index is 361. The molecular weight excluding hydrogens is 227 g/mol. The second kappa shape index (κ2) is 5.13. The van der Waals surface area contributed by atoms with Crippen molar-refractivity contribution in [2.75, 3.05) is 0 Å². The van der Waals surface area contributed by atoms with Gasteiger partial charge in [-0.3, -0.25) is 0 Å². The molecule has 16 heavy (non-hydrogen) atoms. The third-order valence-corrected chi connectivity index (χ3v) is 2.76. The van der Waals surface area contributed by atoms with Gasteiger partial charge in [0.25, 0.3) is 0 Å². The van der Waals surface area contributed by atoms with Crippen molar-refractivity contribution in [3.05, 3.63) is 34.6 Å². The van der Waals surface area contributed by atoms with E-state index in [4.69, 9.17) is 23.1 Å². The van der Waals surface area contributed by atoms with Crippen LogP contribution in [0.3, 0.4) is 0 Å². The van der Waals surface area contributed by atoms with Crippen molar-refractivity contribution in [1.82, 2.24) is 0 Å². The second-order valence-corrected chi connectivity index (χ2v) is 5.21. The first-order valence-corrected chi connectivity index (χ1v) is 5.67. The van der Waals surface area contributed by atoms with Gasteiger partial charge >= 0.3 is 0 Å². The molecule has 4 N–H and O–H groups in total. The van der Waals surface area contributed by atoms with E-state index in [9.17, 15) is 4.39 Å². The summed E-state index contributed by atoms with van der Waals surface area (Å²) in [5.41, 5.74) is 12.5. The van der Waals surface area contributed by atoms with Gasteiger partial charge in [0.05, 0.1) is 5.02 Å². The topological polar surface area (TPSA) is 52.0 Å². The number of halogens is 2. The maximum Gasteiger partial charge on any atom is 0.141 e. The monoisotopic (exact) mass is 244 g/mol.